The highest BCUT2D eigenvalue weighted by Crippen LogP contribution is 2.66. The average Bonchev–Trinajstić information content (AvgIpc) is 2.59. The van der Waals surface area contributed by atoms with E-state index in [1.165, 1.54) is 0 Å². The topological polar surface area (TPSA) is 0 Å². The first-order valence-electron chi connectivity index (χ1n) is 7.78. The number of rotatable bonds is 10. The maximum Gasteiger partial charge on any atom is 0.460 e. The van der Waals surface area contributed by atoms with E-state index in [0.29, 0.717) is 6.92 Å². The fourth-order valence-corrected chi connectivity index (χ4v) is 3.23. The molecule has 0 N–H and O–H groups in total. The van der Waals surface area contributed by atoms with Gasteiger partial charge in [-0.15, -0.1) is 0 Å². The highest BCUT2D eigenvalue weighted by Gasteiger charge is 2.97. The molecule has 0 nitrogen and oxygen atoms in total. The minimum absolute atomic E-state index is 0.540. The lowest BCUT2D eigenvalue weighted by atomic mass is 9.87. The molecular weight excluding hydrogens is 571 g/mol. The van der Waals surface area contributed by atoms with Crippen LogP contribution in [0.4, 0.5) is 92.2 Å². The fourth-order valence-electron chi connectivity index (χ4n) is 2.06. The van der Waals surface area contributed by atoms with Crippen LogP contribution in [0.3, 0.4) is 0 Å². The summed E-state index contributed by atoms with van der Waals surface area (Å²) in [7, 11) is -3.98. The van der Waals surface area contributed by atoms with E-state index < -0.39 is 74.7 Å². The fraction of sp³-hybridized carbons (Fsp3) is 1.00. The summed E-state index contributed by atoms with van der Waals surface area (Å²) in [5, 5.41) is 0. The van der Waals surface area contributed by atoms with Crippen LogP contribution in [0.2, 0.25) is 6.04 Å². The Morgan fingerprint density at radius 1 is 0.353 bits per heavy atom. The minimum atomic E-state index is -9.11. The molecule has 0 atom stereocenters. The Morgan fingerprint density at radius 2 is 0.559 bits per heavy atom. The smallest absolute Gasteiger partial charge is 0.206 e. The normalized spacial score (nSPS) is 17.1. The van der Waals surface area contributed by atoms with Gasteiger partial charge < -0.3 is 0 Å². The minimum Gasteiger partial charge on any atom is -0.206 e. The maximum atomic E-state index is 13.4. The van der Waals surface area contributed by atoms with Crippen molar-refractivity contribution in [1.29, 1.82) is 0 Å². The zero-order valence-electron chi connectivity index (χ0n) is 15.4. The van der Waals surface area contributed by atoms with Gasteiger partial charge in [0.2, 0.25) is 0 Å². The molecule has 22 heteroatoms. The zero-order valence-corrected chi connectivity index (χ0v) is 16.8. The SMILES string of the molecule is CC[SiH2]C(F)(F)C(F)(F)C(F)(F)C(F)(F)C(F)(F)C(F)(F)C(F)(F)C(F)(F)C(F)(F)C(F)(F)F. The molecule has 0 aromatic carbocycles. The lowest BCUT2D eigenvalue weighted by Gasteiger charge is -2.44. The predicted octanol–water partition coefficient (Wildman–Crippen LogP) is 6.83. The lowest BCUT2D eigenvalue weighted by molar-refractivity contribution is -0.472. The quantitative estimate of drug-likeness (QED) is 0.197. The molecule has 0 saturated carbocycles. The van der Waals surface area contributed by atoms with Gasteiger partial charge in [0.25, 0.3) is 5.55 Å². The summed E-state index contributed by atoms with van der Waals surface area (Å²) in [5.74, 6) is -69.5. The molecule has 0 aliphatic heterocycles. The van der Waals surface area contributed by atoms with Crippen molar-refractivity contribution < 1.29 is 92.2 Å². The molecule has 0 radical (unpaired) electrons. The first kappa shape index (κ1) is 32.7. The second-order valence-electron chi connectivity index (χ2n) is 6.55. The molecule has 0 saturated heterocycles. The van der Waals surface area contributed by atoms with Gasteiger partial charge >= 0.3 is 53.6 Å². The Morgan fingerprint density at radius 3 is 0.765 bits per heavy atom. The Kier molecular flexibility index (Phi) is 7.83. The summed E-state index contributed by atoms with van der Waals surface area (Å²) < 4.78 is 273. The van der Waals surface area contributed by atoms with E-state index in [4.69, 9.17) is 0 Å². The van der Waals surface area contributed by atoms with Crippen molar-refractivity contribution in [1.82, 2.24) is 0 Å². The second-order valence-corrected chi connectivity index (χ2v) is 8.94. The van der Waals surface area contributed by atoms with E-state index in [0.717, 1.165) is 0 Å². The third-order valence-electron chi connectivity index (χ3n) is 4.14. The Hall–Kier alpha value is -1.25. The average molecular weight is 578 g/mol. The Labute approximate surface area is 175 Å². The van der Waals surface area contributed by atoms with Crippen LogP contribution in [-0.2, 0) is 0 Å². The molecule has 0 fully saturated rings. The third kappa shape index (κ3) is 3.88. The molecule has 206 valence electrons. The molecule has 0 bridgehead atoms. The van der Waals surface area contributed by atoms with Gasteiger partial charge in [-0.2, -0.15) is 83.4 Å². The Balaban J connectivity index is 7.01. The molecule has 0 amide bonds. The number of alkyl halides is 21. The molecule has 0 aromatic heterocycles. The van der Waals surface area contributed by atoms with Gasteiger partial charge in [-0.1, -0.05) is 13.0 Å². The number of halogens is 21. The largest absolute Gasteiger partial charge is 0.460 e. The monoisotopic (exact) mass is 578 g/mol. The van der Waals surface area contributed by atoms with Crippen LogP contribution in [0.5, 0.6) is 0 Å². The summed E-state index contributed by atoms with van der Waals surface area (Å²) in [6.07, 6.45) is -7.97. The van der Waals surface area contributed by atoms with E-state index in [-0.39, 0.29) is 0 Å². The maximum absolute atomic E-state index is 13.4. The van der Waals surface area contributed by atoms with E-state index in [2.05, 4.69) is 0 Å². The Bertz CT molecular complexity index is 731. The highest BCUT2D eigenvalue weighted by atomic mass is 28.2. The van der Waals surface area contributed by atoms with Crippen LogP contribution in [0.1, 0.15) is 6.92 Å². The molecule has 0 rings (SSSR count). The van der Waals surface area contributed by atoms with Crippen molar-refractivity contribution >= 4 is 9.52 Å². The standard InChI is InChI=1S/C12H7F21Si/c1-2-34-12(32,33)10(27,28)8(23,24)6(19,20)4(15,16)3(13,14)5(17,18)7(21,22)9(25,26)11(29,30)31/h2,34H2,1H3. The van der Waals surface area contributed by atoms with Gasteiger partial charge in [-0.25, -0.2) is 8.78 Å². The van der Waals surface area contributed by atoms with Gasteiger partial charge in [-0.05, 0) is 0 Å². The van der Waals surface area contributed by atoms with Crippen molar-refractivity contribution in [3.8, 4) is 0 Å². The summed E-state index contributed by atoms with van der Waals surface area (Å²) in [6, 6.07) is -1.17. The first-order chi connectivity index (χ1) is 14.3. The summed E-state index contributed by atoms with van der Waals surface area (Å²) in [5.41, 5.74) is -6.34. The third-order valence-corrected chi connectivity index (χ3v) is 5.71. The number of hydrogen-bond donors (Lipinski definition) is 0. The summed E-state index contributed by atoms with van der Waals surface area (Å²) >= 11 is 0. The van der Waals surface area contributed by atoms with Crippen LogP contribution in [-0.4, -0.2) is 68.6 Å². The molecule has 0 heterocycles. The van der Waals surface area contributed by atoms with Gasteiger partial charge in [0.1, 0.15) is 9.52 Å². The summed E-state index contributed by atoms with van der Waals surface area (Å²) in [4.78, 5) is 0. The van der Waals surface area contributed by atoms with Crippen molar-refractivity contribution in [2.45, 2.75) is 72.1 Å². The van der Waals surface area contributed by atoms with Gasteiger partial charge in [0, 0.05) is 0 Å². The van der Waals surface area contributed by atoms with Gasteiger partial charge in [0.15, 0.2) is 0 Å². The van der Waals surface area contributed by atoms with E-state index in [1.54, 1.807) is 0 Å². The molecule has 0 aromatic rings. The van der Waals surface area contributed by atoms with Gasteiger partial charge in [0.05, 0.1) is 0 Å². The van der Waals surface area contributed by atoms with Crippen LogP contribution in [0.15, 0.2) is 0 Å². The van der Waals surface area contributed by atoms with E-state index >= 15 is 0 Å². The molecular formula is C12H7F21Si. The molecule has 0 spiro atoms. The molecule has 0 aliphatic rings. The lowest BCUT2D eigenvalue weighted by Crippen LogP contribution is -2.77. The zero-order chi connectivity index (χ0) is 28.4. The van der Waals surface area contributed by atoms with E-state index in [9.17, 15) is 92.2 Å². The number of hydrogen-bond acceptors (Lipinski definition) is 0. The van der Waals surface area contributed by atoms with Crippen LogP contribution in [0.25, 0.3) is 0 Å². The highest BCUT2D eigenvalue weighted by molar-refractivity contribution is 6.39. The van der Waals surface area contributed by atoms with Crippen LogP contribution in [0, 0.1) is 0 Å². The molecule has 34 heavy (non-hydrogen) atoms. The van der Waals surface area contributed by atoms with E-state index in [1.807, 2.05) is 0 Å². The molecule has 0 aliphatic carbocycles. The van der Waals surface area contributed by atoms with Crippen LogP contribution >= 0.6 is 0 Å². The van der Waals surface area contributed by atoms with Gasteiger partial charge in [-0.3, -0.25) is 0 Å². The van der Waals surface area contributed by atoms with Crippen LogP contribution < -0.4 is 0 Å². The second kappa shape index (κ2) is 8.13. The summed E-state index contributed by atoms with van der Waals surface area (Å²) in [6.45, 7) is 0.540. The first-order valence-corrected chi connectivity index (χ1v) is 9.49. The van der Waals surface area contributed by atoms with Crippen molar-refractivity contribution in [3.63, 3.8) is 0 Å². The molecule has 0 unspecified atom stereocenters. The van der Waals surface area contributed by atoms with Crippen molar-refractivity contribution in [2.75, 3.05) is 0 Å². The predicted molar refractivity (Wildman–Crippen MR) is 69.6 cm³/mol. The van der Waals surface area contributed by atoms with Crippen molar-refractivity contribution in [3.05, 3.63) is 0 Å². The van der Waals surface area contributed by atoms with Crippen molar-refractivity contribution in [2.24, 2.45) is 0 Å².